The molecule has 0 saturated heterocycles. The van der Waals surface area contributed by atoms with Crippen LogP contribution in [0.5, 0.6) is 0 Å². The van der Waals surface area contributed by atoms with Crippen molar-refractivity contribution >= 4 is 53.3 Å². The number of hydrogen-bond acceptors (Lipinski definition) is 3. The minimum absolute atomic E-state index is 0.0846. The Hall–Kier alpha value is -4.02. The summed E-state index contributed by atoms with van der Waals surface area (Å²) in [6, 6.07) is 30.5. The number of benzene rings is 4. The summed E-state index contributed by atoms with van der Waals surface area (Å²) in [6.45, 7) is 6.83. The highest BCUT2D eigenvalue weighted by atomic mass is 32.1. The van der Waals surface area contributed by atoms with Crippen molar-refractivity contribution in [2.45, 2.75) is 26.2 Å². The molecule has 4 heteroatoms. The fraction of sp³-hybridized carbons (Fsp3) is 0.125. The molecule has 0 fully saturated rings. The van der Waals surface area contributed by atoms with E-state index in [1.165, 1.54) is 42.0 Å². The summed E-state index contributed by atoms with van der Waals surface area (Å²) in [7, 11) is 0. The molecule has 0 aliphatic rings. The predicted octanol–water partition coefficient (Wildman–Crippen LogP) is 8.91. The molecule has 4 aromatic carbocycles. The SMILES string of the molecule is CC(C)(C)c1ccc2sc3c(cc(-c4ncccn4)c4c3c3ccccc3n4-c3ccccc3)c2c1. The van der Waals surface area contributed by atoms with Crippen LogP contribution in [0.2, 0.25) is 0 Å². The Balaban J connectivity index is 1.74. The van der Waals surface area contributed by atoms with Gasteiger partial charge >= 0.3 is 0 Å². The number of rotatable bonds is 2. The van der Waals surface area contributed by atoms with Gasteiger partial charge in [0.25, 0.3) is 0 Å². The third kappa shape index (κ3) is 3.11. The Kier molecular flexibility index (Phi) is 4.57. The highest BCUT2D eigenvalue weighted by Crippen LogP contribution is 2.47. The molecule has 174 valence electrons. The van der Waals surface area contributed by atoms with Crippen molar-refractivity contribution in [1.29, 1.82) is 0 Å². The standard InChI is InChI=1S/C32H25N3S/c1-32(2,3)20-14-15-27-23(18-20)24-19-25(31-33-16-9-17-34-31)29-28(30(24)36-27)22-12-7-8-13-26(22)35(29)21-10-5-4-6-11-21/h4-19H,1-3H3. The quantitative estimate of drug-likeness (QED) is 0.246. The van der Waals surface area contributed by atoms with E-state index in [0.29, 0.717) is 0 Å². The maximum atomic E-state index is 4.71. The molecule has 3 nitrogen and oxygen atoms in total. The van der Waals surface area contributed by atoms with E-state index in [0.717, 1.165) is 22.6 Å². The lowest BCUT2D eigenvalue weighted by molar-refractivity contribution is 0.591. The van der Waals surface area contributed by atoms with Gasteiger partial charge in [0.15, 0.2) is 5.82 Å². The molecular formula is C32H25N3S. The number of thiophene rings is 1. The summed E-state index contributed by atoms with van der Waals surface area (Å²) in [5.41, 5.74) is 5.97. The molecule has 36 heavy (non-hydrogen) atoms. The molecule has 0 atom stereocenters. The maximum Gasteiger partial charge on any atom is 0.161 e. The fourth-order valence-corrected chi connectivity index (χ4v) is 6.53. The van der Waals surface area contributed by atoms with Crippen molar-refractivity contribution in [3.8, 4) is 17.1 Å². The van der Waals surface area contributed by atoms with Crippen LogP contribution in [0.15, 0.2) is 97.3 Å². The molecule has 3 heterocycles. The molecule has 0 N–H and O–H groups in total. The maximum absolute atomic E-state index is 4.71. The van der Waals surface area contributed by atoms with Gasteiger partial charge in [0.05, 0.1) is 11.0 Å². The first-order valence-electron chi connectivity index (χ1n) is 12.3. The van der Waals surface area contributed by atoms with Gasteiger partial charge in [0.1, 0.15) is 0 Å². The van der Waals surface area contributed by atoms with E-state index >= 15 is 0 Å². The van der Waals surface area contributed by atoms with Crippen molar-refractivity contribution in [2.75, 3.05) is 0 Å². The van der Waals surface area contributed by atoms with Crippen LogP contribution in [0.25, 0.3) is 59.1 Å². The molecule has 0 bridgehead atoms. The van der Waals surface area contributed by atoms with Crippen LogP contribution in [0, 0.1) is 0 Å². The molecule has 0 saturated carbocycles. The number of para-hydroxylation sites is 2. The largest absolute Gasteiger partial charge is 0.308 e. The molecule has 0 amide bonds. The highest BCUT2D eigenvalue weighted by molar-refractivity contribution is 7.26. The second-order valence-corrected chi connectivity index (χ2v) is 11.4. The Labute approximate surface area is 213 Å². The van der Waals surface area contributed by atoms with Crippen LogP contribution in [0.4, 0.5) is 0 Å². The van der Waals surface area contributed by atoms with Crippen molar-refractivity contribution < 1.29 is 0 Å². The predicted molar refractivity (Wildman–Crippen MR) is 153 cm³/mol. The smallest absolute Gasteiger partial charge is 0.161 e. The minimum Gasteiger partial charge on any atom is -0.308 e. The van der Waals surface area contributed by atoms with E-state index in [1.54, 1.807) is 0 Å². The zero-order chi connectivity index (χ0) is 24.4. The lowest BCUT2D eigenvalue weighted by Gasteiger charge is -2.19. The van der Waals surface area contributed by atoms with Gasteiger partial charge in [-0.1, -0.05) is 63.2 Å². The van der Waals surface area contributed by atoms with Crippen LogP contribution in [0.1, 0.15) is 26.3 Å². The molecule has 0 radical (unpaired) electrons. The lowest BCUT2D eigenvalue weighted by Crippen LogP contribution is -2.10. The fourth-order valence-electron chi connectivity index (χ4n) is 5.30. The van der Waals surface area contributed by atoms with Crippen LogP contribution in [-0.2, 0) is 5.41 Å². The second kappa shape index (κ2) is 7.74. The molecule has 0 aliphatic carbocycles. The first kappa shape index (κ1) is 21.3. The van der Waals surface area contributed by atoms with Gasteiger partial charge in [0, 0.05) is 54.6 Å². The van der Waals surface area contributed by atoms with E-state index in [4.69, 9.17) is 9.97 Å². The number of aromatic nitrogens is 3. The van der Waals surface area contributed by atoms with Gasteiger partial charge in [-0.25, -0.2) is 9.97 Å². The van der Waals surface area contributed by atoms with Crippen LogP contribution in [0.3, 0.4) is 0 Å². The summed E-state index contributed by atoms with van der Waals surface area (Å²) >= 11 is 1.88. The Bertz CT molecular complexity index is 1910. The van der Waals surface area contributed by atoms with E-state index < -0.39 is 0 Å². The van der Waals surface area contributed by atoms with Gasteiger partial charge in [-0.2, -0.15) is 0 Å². The van der Waals surface area contributed by atoms with Crippen molar-refractivity contribution in [2.24, 2.45) is 0 Å². The van der Waals surface area contributed by atoms with Gasteiger partial charge < -0.3 is 4.57 Å². The third-order valence-electron chi connectivity index (χ3n) is 7.06. The monoisotopic (exact) mass is 483 g/mol. The van der Waals surface area contributed by atoms with Crippen molar-refractivity contribution in [3.63, 3.8) is 0 Å². The van der Waals surface area contributed by atoms with Gasteiger partial charge in [-0.05, 0) is 53.4 Å². The number of hydrogen-bond donors (Lipinski definition) is 0. The molecule has 7 aromatic rings. The van der Waals surface area contributed by atoms with Crippen molar-refractivity contribution in [1.82, 2.24) is 14.5 Å². The normalized spacial score (nSPS) is 12.3. The average molecular weight is 484 g/mol. The van der Waals surface area contributed by atoms with Gasteiger partial charge in [-0.3, -0.25) is 0 Å². The second-order valence-electron chi connectivity index (χ2n) is 10.3. The first-order chi connectivity index (χ1) is 17.5. The van der Waals surface area contributed by atoms with Crippen molar-refractivity contribution in [3.05, 3.63) is 103 Å². The highest BCUT2D eigenvalue weighted by Gasteiger charge is 2.23. The Morgan fingerprint density at radius 3 is 2.25 bits per heavy atom. The topological polar surface area (TPSA) is 30.7 Å². The lowest BCUT2D eigenvalue weighted by atomic mass is 9.86. The Morgan fingerprint density at radius 1 is 0.722 bits per heavy atom. The van der Waals surface area contributed by atoms with Crippen LogP contribution in [-0.4, -0.2) is 14.5 Å². The summed E-state index contributed by atoms with van der Waals surface area (Å²) < 4.78 is 5.00. The average Bonchev–Trinajstić information content (AvgIpc) is 3.44. The summed E-state index contributed by atoms with van der Waals surface area (Å²) in [6.07, 6.45) is 3.66. The zero-order valence-corrected chi connectivity index (χ0v) is 21.3. The molecule has 7 rings (SSSR count). The first-order valence-corrected chi connectivity index (χ1v) is 13.1. The third-order valence-corrected chi connectivity index (χ3v) is 8.26. The van der Waals surface area contributed by atoms with E-state index in [2.05, 4.69) is 104 Å². The zero-order valence-electron chi connectivity index (χ0n) is 20.5. The summed E-state index contributed by atoms with van der Waals surface area (Å²) in [5, 5.41) is 5.10. The molecule has 0 aliphatic heterocycles. The minimum atomic E-state index is 0.0846. The molecule has 0 unspecified atom stereocenters. The van der Waals surface area contributed by atoms with Crippen LogP contribution < -0.4 is 0 Å². The van der Waals surface area contributed by atoms with E-state index in [9.17, 15) is 0 Å². The molecule has 3 aromatic heterocycles. The van der Waals surface area contributed by atoms with E-state index in [1.807, 2.05) is 29.8 Å². The van der Waals surface area contributed by atoms with Gasteiger partial charge in [0.2, 0.25) is 0 Å². The van der Waals surface area contributed by atoms with E-state index in [-0.39, 0.29) is 5.41 Å². The summed E-state index contributed by atoms with van der Waals surface area (Å²) in [4.78, 5) is 9.42. The van der Waals surface area contributed by atoms with Gasteiger partial charge in [-0.15, -0.1) is 11.3 Å². The number of fused-ring (bicyclic) bond motifs is 7. The molecular weight excluding hydrogens is 458 g/mol. The molecule has 0 spiro atoms. The van der Waals surface area contributed by atoms with Crippen LogP contribution >= 0.6 is 11.3 Å². The summed E-state index contributed by atoms with van der Waals surface area (Å²) in [5.74, 6) is 0.746. The number of nitrogens with zero attached hydrogens (tertiary/aromatic N) is 3. The Morgan fingerprint density at radius 2 is 1.47 bits per heavy atom.